The van der Waals surface area contributed by atoms with Crippen LogP contribution in [0.2, 0.25) is 0 Å². The Hall–Kier alpha value is -3.60. The fourth-order valence-corrected chi connectivity index (χ4v) is 3.65. The van der Waals surface area contributed by atoms with Gasteiger partial charge in [-0.3, -0.25) is 14.9 Å². The number of ether oxygens (including phenoxy) is 2. The third-order valence-electron chi connectivity index (χ3n) is 4.63. The predicted octanol–water partition coefficient (Wildman–Crippen LogP) is 3.91. The number of aromatic nitrogens is 3. The predicted molar refractivity (Wildman–Crippen MR) is 120 cm³/mol. The van der Waals surface area contributed by atoms with E-state index in [-0.39, 0.29) is 23.5 Å². The molecule has 0 bridgehead atoms. The summed E-state index contributed by atoms with van der Waals surface area (Å²) in [5, 5.41) is 22.5. The maximum Gasteiger partial charge on any atom is 0.269 e. The number of anilines is 1. The molecule has 0 aliphatic heterocycles. The molecule has 32 heavy (non-hydrogen) atoms. The third kappa shape index (κ3) is 5.55. The lowest BCUT2D eigenvalue weighted by molar-refractivity contribution is -0.384. The largest absolute Gasteiger partial charge is 0.497 e. The second-order valence-electron chi connectivity index (χ2n) is 6.93. The van der Waals surface area contributed by atoms with Gasteiger partial charge in [-0.05, 0) is 49.7 Å². The Bertz CT molecular complexity index is 1120. The quantitative estimate of drug-likeness (QED) is 0.292. The van der Waals surface area contributed by atoms with Gasteiger partial charge in [0.15, 0.2) is 17.1 Å². The summed E-state index contributed by atoms with van der Waals surface area (Å²) in [6.07, 6.45) is -0.355. The van der Waals surface area contributed by atoms with Gasteiger partial charge in [0.05, 0.1) is 17.8 Å². The van der Waals surface area contributed by atoms with E-state index in [9.17, 15) is 14.9 Å². The first-order chi connectivity index (χ1) is 15.3. The third-order valence-corrected chi connectivity index (χ3v) is 5.65. The molecule has 11 heteroatoms. The van der Waals surface area contributed by atoms with E-state index in [1.807, 2.05) is 38.2 Å². The van der Waals surface area contributed by atoms with E-state index in [0.717, 1.165) is 5.75 Å². The summed E-state index contributed by atoms with van der Waals surface area (Å²) in [5.41, 5.74) is 1.12. The zero-order valence-corrected chi connectivity index (χ0v) is 18.9. The highest BCUT2D eigenvalue weighted by molar-refractivity contribution is 7.99. The molecule has 0 aliphatic carbocycles. The van der Waals surface area contributed by atoms with Crippen molar-refractivity contribution in [2.24, 2.45) is 7.05 Å². The number of non-ortho nitro benzene ring substituents is 1. The number of methoxy groups -OCH3 is 1. The number of amides is 1. The first-order valence-corrected chi connectivity index (χ1v) is 10.6. The second-order valence-corrected chi connectivity index (χ2v) is 7.87. The number of benzene rings is 2. The van der Waals surface area contributed by atoms with E-state index in [0.29, 0.717) is 28.0 Å². The van der Waals surface area contributed by atoms with E-state index in [4.69, 9.17) is 9.47 Å². The van der Waals surface area contributed by atoms with Crippen LogP contribution in [0, 0.1) is 17.0 Å². The standard InChI is InChI=1S/C21H23N5O5S/c1-13-11-15(26(28)29)5-10-18(13)22-19(27)12-32-21-24-23-20(25(21)3)14(2)31-17-8-6-16(30-4)7-9-17/h5-11,14H,12H2,1-4H3,(H,22,27). The zero-order valence-electron chi connectivity index (χ0n) is 18.1. The van der Waals surface area contributed by atoms with Crippen LogP contribution in [0.3, 0.4) is 0 Å². The van der Waals surface area contributed by atoms with Gasteiger partial charge >= 0.3 is 0 Å². The lowest BCUT2D eigenvalue weighted by Gasteiger charge is -2.14. The summed E-state index contributed by atoms with van der Waals surface area (Å²) in [7, 11) is 3.41. The number of carbonyl (C=O) groups is 1. The molecule has 3 rings (SSSR count). The molecule has 168 valence electrons. The first kappa shape index (κ1) is 23.1. The minimum Gasteiger partial charge on any atom is -0.497 e. The zero-order chi connectivity index (χ0) is 23.3. The smallest absolute Gasteiger partial charge is 0.269 e. The van der Waals surface area contributed by atoms with Crippen LogP contribution in [0.5, 0.6) is 11.5 Å². The van der Waals surface area contributed by atoms with E-state index in [1.54, 1.807) is 18.6 Å². The van der Waals surface area contributed by atoms with Gasteiger partial charge in [-0.1, -0.05) is 11.8 Å². The molecule has 1 atom stereocenters. The Balaban J connectivity index is 1.58. The summed E-state index contributed by atoms with van der Waals surface area (Å²) in [5.74, 6) is 1.89. The molecule has 0 saturated carbocycles. The molecule has 1 aromatic heterocycles. The fraction of sp³-hybridized carbons (Fsp3) is 0.286. The molecule has 0 radical (unpaired) electrons. The van der Waals surface area contributed by atoms with Crippen molar-refractivity contribution in [3.63, 3.8) is 0 Å². The van der Waals surface area contributed by atoms with Crippen molar-refractivity contribution < 1.29 is 19.2 Å². The molecule has 1 unspecified atom stereocenters. The average molecular weight is 458 g/mol. The number of carbonyl (C=O) groups excluding carboxylic acids is 1. The van der Waals surface area contributed by atoms with Gasteiger partial charge in [0, 0.05) is 24.9 Å². The van der Waals surface area contributed by atoms with Gasteiger partial charge in [0.2, 0.25) is 5.91 Å². The normalized spacial score (nSPS) is 11.6. The molecule has 0 saturated heterocycles. The van der Waals surface area contributed by atoms with Gasteiger partial charge in [0.1, 0.15) is 11.5 Å². The van der Waals surface area contributed by atoms with Crippen molar-refractivity contribution in [3.05, 3.63) is 64.0 Å². The minimum absolute atomic E-state index is 0.0209. The molecular formula is C21H23N5O5S. The van der Waals surface area contributed by atoms with Crippen LogP contribution >= 0.6 is 11.8 Å². The topological polar surface area (TPSA) is 121 Å². The highest BCUT2D eigenvalue weighted by atomic mass is 32.2. The van der Waals surface area contributed by atoms with Crippen LogP contribution in [-0.2, 0) is 11.8 Å². The van der Waals surface area contributed by atoms with Crippen LogP contribution < -0.4 is 14.8 Å². The monoisotopic (exact) mass is 457 g/mol. The molecule has 0 aliphatic rings. The van der Waals surface area contributed by atoms with Crippen LogP contribution in [0.4, 0.5) is 11.4 Å². The Kier molecular flexibility index (Phi) is 7.31. The van der Waals surface area contributed by atoms with Crippen LogP contribution in [0.25, 0.3) is 0 Å². The Morgan fingerprint density at radius 2 is 1.91 bits per heavy atom. The number of nitro benzene ring substituents is 1. The van der Waals surface area contributed by atoms with Crippen molar-refractivity contribution in [2.45, 2.75) is 25.1 Å². The maximum atomic E-state index is 12.3. The Labute approximate surface area is 189 Å². The summed E-state index contributed by atoms with van der Waals surface area (Å²) >= 11 is 1.23. The van der Waals surface area contributed by atoms with E-state index < -0.39 is 4.92 Å². The van der Waals surface area contributed by atoms with Crippen LogP contribution in [-0.4, -0.2) is 38.5 Å². The molecule has 0 spiro atoms. The minimum atomic E-state index is -0.473. The molecular weight excluding hydrogens is 434 g/mol. The number of rotatable bonds is 9. The summed E-state index contributed by atoms with van der Waals surface area (Å²) in [4.78, 5) is 22.7. The van der Waals surface area contributed by atoms with Gasteiger partial charge in [0.25, 0.3) is 5.69 Å². The SMILES string of the molecule is COc1ccc(OC(C)c2nnc(SCC(=O)Nc3ccc([N+](=O)[O-])cc3C)n2C)cc1. The lowest BCUT2D eigenvalue weighted by Crippen LogP contribution is -2.15. The molecule has 3 aromatic rings. The molecule has 2 aromatic carbocycles. The molecule has 1 N–H and O–H groups in total. The van der Waals surface area contributed by atoms with E-state index >= 15 is 0 Å². The summed E-state index contributed by atoms with van der Waals surface area (Å²) in [6, 6.07) is 11.5. The number of nitrogens with zero attached hydrogens (tertiary/aromatic N) is 4. The number of nitro groups is 1. The Morgan fingerprint density at radius 1 is 1.22 bits per heavy atom. The Morgan fingerprint density at radius 3 is 2.53 bits per heavy atom. The maximum absolute atomic E-state index is 12.3. The van der Waals surface area contributed by atoms with Gasteiger partial charge < -0.3 is 19.4 Å². The van der Waals surface area contributed by atoms with Crippen LogP contribution in [0.15, 0.2) is 47.6 Å². The second kappa shape index (κ2) is 10.1. The highest BCUT2D eigenvalue weighted by Crippen LogP contribution is 2.26. The molecule has 0 fully saturated rings. The number of hydrogen-bond donors (Lipinski definition) is 1. The number of aryl methyl sites for hydroxylation is 1. The van der Waals surface area contributed by atoms with Gasteiger partial charge in [-0.2, -0.15) is 0 Å². The number of hydrogen-bond acceptors (Lipinski definition) is 8. The van der Waals surface area contributed by atoms with Crippen molar-refractivity contribution in [2.75, 3.05) is 18.2 Å². The highest BCUT2D eigenvalue weighted by Gasteiger charge is 2.18. The van der Waals surface area contributed by atoms with Crippen LogP contribution in [0.1, 0.15) is 24.4 Å². The van der Waals surface area contributed by atoms with Crippen molar-refractivity contribution in [1.29, 1.82) is 0 Å². The fourth-order valence-electron chi connectivity index (χ4n) is 2.94. The summed E-state index contributed by atoms with van der Waals surface area (Å²) in [6.45, 7) is 3.57. The lowest BCUT2D eigenvalue weighted by atomic mass is 10.2. The average Bonchev–Trinajstić information content (AvgIpc) is 3.14. The van der Waals surface area contributed by atoms with E-state index in [1.165, 1.54) is 30.0 Å². The first-order valence-electron chi connectivity index (χ1n) is 9.66. The summed E-state index contributed by atoms with van der Waals surface area (Å²) < 4.78 is 12.8. The number of nitrogens with one attached hydrogen (secondary N) is 1. The molecule has 1 heterocycles. The molecule has 1 amide bonds. The van der Waals surface area contributed by atoms with Crippen molar-refractivity contribution in [1.82, 2.24) is 14.8 Å². The van der Waals surface area contributed by atoms with Crippen molar-refractivity contribution >= 4 is 29.0 Å². The van der Waals surface area contributed by atoms with Crippen molar-refractivity contribution in [3.8, 4) is 11.5 Å². The van der Waals surface area contributed by atoms with Gasteiger partial charge in [-0.15, -0.1) is 10.2 Å². The number of thioether (sulfide) groups is 1. The van der Waals surface area contributed by atoms with E-state index in [2.05, 4.69) is 15.5 Å². The van der Waals surface area contributed by atoms with Gasteiger partial charge in [-0.25, -0.2) is 0 Å². The molecule has 10 nitrogen and oxygen atoms in total.